The van der Waals surface area contributed by atoms with Crippen molar-refractivity contribution in [2.45, 2.75) is 65.4 Å². The fourth-order valence-electron chi connectivity index (χ4n) is 6.07. The van der Waals surface area contributed by atoms with E-state index in [1.165, 1.54) is 21.6 Å². The number of amides is 2. The lowest BCUT2D eigenvalue weighted by Gasteiger charge is -2.32. The molecule has 0 radical (unpaired) electrons. The Morgan fingerprint density at radius 3 is 2.69 bits per heavy atom. The van der Waals surface area contributed by atoms with Crippen LogP contribution in [-0.2, 0) is 14.3 Å². The number of fused-ring (bicyclic) bond motifs is 3. The van der Waals surface area contributed by atoms with Crippen LogP contribution in [0.5, 0.6) is 11.5 Å². The second-order valence-corrected chi connectivity index (χ2v) is 11.1. The summed E-state index contributed by atoms with van der Waals surface area (Å²) in [5, 5.41) is 10.1. The molecule has 2 amide bonds. The summed E-state index contributed by atoms with van der Waals surface area (Å²) in [6.07, 6.45) is 7.33. The number of imide groups is 1. The molecule has 0 unspecified atom stereocenters. The maximum atomic E-state index is 13.2. The molecule has 1 aromatic rings. The van der Waals surface area contributed by atoms with Crippen molar-refractivity contribution in [3.05, 3.63) is 38.0 Å². The van der Waals surface area contributed by atoms with E-state index < -0.39 is 0 Å². The van der Waals surface area contributed by atoms with Gasteiger partial charge in [-0.05, 0) is 84.9 Å². The molecule has 4 atom stereocenters. The molecular weight excluding hydrogens is 557 g/mol. The molecule has 7 heteroatoms. The van der Waals surface area contributed by atoms with E-state index in [1.807, 2.05) is 19.1 Å². The van der Waals surface area contributed by atoms with Crippen LogP contribution < -0.4 is 4.74 Å². The highest BCUT2D eigenvalue weighted by Crippen LogP contribution is 2.50. The SMILES string of the molecule is CCCC1=C2[C@@H](CC/C(C)=C/c3cc(I)c(O)c(OC)c3)OC[C@@H]2[C@@H]2C(=O)N(CCC)C(=O)[C@@H]2C1. The maximum Gasteiger partial charge on any atom is 0.233 e. The van der Waals surface area contributed by atoms with Crippen molar-refractivity contribution < 1.29 is 24.2 Å². The molecule has 2 aliphatic heterocycles. The van der Waals surface area contributed by atoms with Gasteiger partial charge in [-0.1, -0.05) is 37.5 Å². The number of rotatable bonds is 9. The molecule has 35 heavy (non-hydrogen) atoms. The lowest BCUT2D eigenvalue weighted by atomic mass is 9.68. The number of phenolic OH excluding ortho intramolecular Hbond substituents is 1. The molecule has 0 bridgehead atoms. The van der Waals surface area contributed by atoms with Gasteiger partial charge >= 0.3 is 0 Å². The third-order valence-corrected chi connectivity index (χ3v) is 8.41. The first-order valence-electron chi connectivity index (χ1n) is 12.7. The van der Waals surface area contributed by atoms with Crippen LogP contribution >= 0.6 is 22.6 Å². The fourth-order valence-corrected chi connectivity index (χ4v) is 6.69. The van der Waals surface area contributed by atoms with E-state index in [0.717, 1.165) is 41.2 Å². The van der Waals surface area contributed by atoms with Crippen molar-refractivity contribution in [2.24, 2.45) is 17.8 Å². The van der Waals surface area contributed by atoms with Crippen LogP contribution in [0.3, 0.4) is 0 Å². The molecule has 2 saturated heterocycles. The summed E-state index contributed by atoms with van der Waals surface area (Å²) < 4.78 is 12.4. The van der Waals surface area contributed by atoms with Crippen LogP contribution in [-0.4, -0.2) is 48.2 Å². The normalized spacial score (nSPS) is 26.4. The second kappa shape index (κ2) is 11.0. The number of hydrogen-bond acceptors (Lipinski definition) is 5. The van der Waals surface area contributed by atoms with Crippen molar-refractivity contribution in [2.75, 3.05) is 20.3 Å². The Morgan fingerprint density at radius 1 is 1.23 bits per heavy atom. The number of carbonyl (C=O) groups excluding carboxylic acids is 2. The van der Waals surface area contributed by atoms with Gasteiger partial charge < -0.3 is 14.6 Å². The first-order chi connectivity index (χ1) is 16.8. The molecule has 0 saturated carbocycles. The van der Waals surface area contributed by atoms with Gasteiger partial charge in [0, 0.05) is 12.5 Å². The van der Waals surface area contributed by atoms with E-state index in [4.69, 9.17) is 9.47 Å². The first kappa shape index (κ1) is 26.2. The number of halogens is 1. The van der Waals surface area contributed by atoms with Gasteiger partial charge in [-0.25, -0.2) is 0 Å². The van der Waals surface area contributed by atoms with Crippen molar-refractivity contribution >= 4 is 40.5 Å². The monoisotopic (exact) mass is 593 g/mol. The second-order valence-electron chi connectivity index (χ2n) is 9.98. The lowest BCUT2D eigenvalue weighted by Crippen LogP contribution is -2.34. The third-order valence-electron chi connectivity index (χ3n) is 7.58. The molecule has 4 rings (SSSR count). The summed E-state index contributed by atoms with van der Waals surface area (Å²) in [6, 6.07) is 3.79. The predicted molar refractivity (Wildman–Crippen MR) is 144 cm³/mol. The summed E-state index contributed by atoms with van der Waals surface area (Å²) >= 11 is 2.11. The van der Waals surface area contributed by atoms with Gasteiger partial charge in [-0.15, -0.1) is 0 Å². The summed E-state index contributed by atoms with van der Waals surface area (Å²) in [4.78, 5) is 27.8. The van der Waals surface area contributed by atoms with Gasteiger partial charge in [0.05, 0.1) is 35.2 Å². The summed E-state index contributed by atoms with van der Waals surface area (Å²) in [6.45, 7) is 7.34. The Kier molecular flexibility index (Phi) is 8.26. The van der Waals surface area contributed by atoms with Crippen molar-refractivity contribution in [3.8, 4) is 11.5 Å². The van der Waals surface area contributed by atoms with E-state index in [2.05, 4.69) is 42.5 Å². The number of ether oxygens (including phenoxy) is 2. The average Bonchev–Trinajstić information content (AvgIpc) is 3.35. The number of likely N-dealkylation sites (tertiary alicyclic amines) is 1. The highest BCUT2D eigenvalue weighted by Gasteiger charge is 2.56. The molecule has 0 spiro atoms. The minimum absolute atomic E-state index is 0.00321. The Morgan fingerprint density at radius 2 is 2.00 bits per heavy atom. The number of methoxy groups -OCH3 is 1. The van der Waals surface area contributed by atoms with E-state index in [1.54, 1.807) is 7.11 Å². The predicted octanol–water partition coefficient (Wildman–Crippen LogP) is 5.72. The number of carbonyl (C=O) groups is 2. The van der Waals surface area contributed by atoms with E-state index in [-0.39, 0.29) is 41.4 Å². The molecule has 6 nitrogen and oxygen atoms in total. The van der Waals surface area contributed by atoms with Crippen molar-refractivity contribution in [3.63, 3.8) is 0 Å². The molecule has 190 valence electrons. The minimum Gasteiger partial charge on any atom is -0.504 e. The number of nitrogens with zero attached hydrogens (tertiary/aromatic N) is 1. The van der Waals surface area contributed by atoms with Crippen LogP contribution in [0, 0.1) is 21.3 Å². The Hall–Kier alpha value is -1.87. The van der Waals surface area contributed by atoms with Gasteiger partial charge in [-0.3, -0.25) is 14.5 Å². The Balaban J connectivity index is 1.52. The molecule has 2 fully saturated rings. The van der Waals surface area contributed by atoms with Crippen LogP contribution in [0.1, 0.15) is 64.9 Å². The average molecular weight is 594 g/mol. The number of benzene rings is 1. The van der Waals surface area contributed by atoms with Crippen LogP contribution in [0.2, 0.25) is 0 Å². The quantitative estimate of drug-likeness (QED) is 0.226. The summed E-state index contributed by atoms with van der Waals surface area (Å²) in [5.41, 5.74) is 4.86. The van der Waals surface area contributed by atoms with Crippen LogP contribution in [0.25, 0.3) is 6.08 Å². The van der Waals surface area contributed by atoms with Gasteiger partial charge in [0.25, 0.3) is 0 Å². The lowest BCUT2D eigenvalue weighted by molar-refractivity contribution is -0.140. The number of allylic oxidation sites excluding steroid dienone is 2. The minimum atomic E-state index is -0.252. The van der Waals surface area contributed by atoms with Crippen LogP contribution in [0.4, 0.5) is 0 Å². The molecule has 0 aromatic heterocycles. The molecule has 1 N–H and O–H groups in total. The number of aromatic hydroxyl groups is 1. The standard InChI is InChI=1S/C28H36INO5/c1-5-7-18-14-19-25(28(33)30(10-6-2)27(19)32)20-15-35-22(24(18)20)9-8-16(3)11-17-12-21(29)26(31)23(13-17)34-4/h11-13,19-20,22,25,31H,5-10,14-15H2,1-4H3/b16-11+/t19-,20+,22-,25-/m1/s1. The molecular formula is C28H36INO5. The van der Waals surface area contributed by atoms with Crippen molar-refractivity contribution in [1.82, 2.24) is 4.90 Å². The zero-order valence-electron chi connectivity index (χ0n) is 21.1. The van der Waals surface area contributed by atoms with Gasteiger partial charge in [0.1, 0.15) is 0 Å². The topological polar surface area (TPSA) is 76.1 Å². The van der Waals surface area contributed by atoms with Gasteiger partial charge in [0.15, 0.2) is 11.5 Å². The van der Waals surface area contributed by atoms with E-state index in [0.29, 0.717) is 25.3 Å². The highest BCUT2D eigenvalue weighted by molar-refractivity contribution is 14.1. The van der Waals surface area contributed by atoms with Crippen LogP contribution in [0.15, 0.2) is 28.9 Å². The summed E-state index contributed by atoms with van der Waals surface area (Å²) in [7, 11) is 1.56. The largest absolute Gasteiger partial charge is 0.504 e. The highest BCUT2D eigenvalue weighted by atomic mass is 127. The maximum absolute atomic E-state index is 13.2. The first-order valence-corrected chi connectivity index (χ1v) is 13.8. The Bertz CT molecular complexity index is 1060. The number of phenols is 1. The zero-order valence-corrected chi connectivity index (χ0v) is 23.3. The van der Waals surface area contributed by atoms with E-state index >= 15 is 0 Å². The molecule has 1 aromatic carbocycles. The molecule has 3 aliphatic rings. The van der Waals surface area contributed by atoms with E-state index in [9.17, 15) is 14.7 Å². The van der Waals surface area contributed by atoms with Gasteiger partial charge in [-0.2, -0.15) is 0 Å². The smallest absolute Gasteiger partial charge is 0.233 e. The Labute approximate surface area is 221 Å². The van der Waals surface area contributed by atoms with Crippen molar-refractivity contribution in [1.29, 1.82) is 0 Å². The zero-order chi connectivity index (χ0) is 25.3. The molecule has 1 aliphatic carbocycles. The molecule has 2 heterocycles. The fraction of sp³-hybridized carbons (Fsp3) is 0.571. The summed E-state index contributed by atoms with van der Waals surface area (Å²) in [5.74, 6) is 0.240. The number of hydrogen-bond donors (Lipinski definition) is 1. The van der Waals surface area contributed by atoms with Gasteiger partial charge in [0.2, 0.25) is 11.8 Å². The third kappa shape index (κ3) is 5.03.